The van der Waals surface area contributed by atoms with Gasteiger partial charge in [-0.1, -0.05) is 32.0 Å². The van der Waals surface area contributed by atoms with Crippen molar-refractivity contribution in [1.82, 2.24) is 0 Å². The highest BCUT2D eigenvalue weighted by atomic mass is 35.5. The molecule has 0 aliphatic heterocycles. The Morgan fingerprint density at radius 1 is 1.24 bits per heavy atom. The van der Waals surface area contributed by atoms with E-state index in [0.29, 0.717) is 17.2 Å². The lowest BCUT2D eigenvalue weighted by atomic mass is 10.0. The third-order valence-corrected chi connectivity index (χ3v) is 3.45. The maximum absolute atomic E-state index is 10.9. The Bertz CT molecular complexity index is 656. The molecule has 110 valence electrons. The van der Waals surface area contributed by atoms with Crippen molar-refractivity contribution in [2.45, 2.75) is 25.6 Å². The van der Waals surface area contributed by atoms with Crippen molar-refractivity contribution in [3.8, 4) is 11.5 Å². The first-order chi connectivity index (χ1) is 10.0. The molecule has 0 aromatic heterocycles. The van der Waals surface area contributed by atoms with E-state index < -0.39 is 4.92 Å². The van der Waals surface area contributed by atoms with Crippen LogP contribution in [0.3, 0.4) is 0 Å². The molecule has 0 saturated carbocycles. The fourth-order valence-electron chi connectivity index (χ4n) is 2.09. The predicted molar refractivity (Wildman–Crippen MR) is 83.3 cm³/mol. The Morgan fingerprint density at radius 3 is 2.57 bits per heavy atom. The number of ether oxygens (including phenoxy) is 1. The molecule has 0 saturated heterocycles. The minimum absolute atomic E-state index is 0.00879. The number of nitrogens with zero attached hydrogens (tertiary/aromatic N) is 1. The van der Waals surface area contributed by atoms with Crippen molar-refractivity contribution in [1.29, 1.82) is 0 Å². The minimum atomic E-state index is -0.441. The number of alkyl halides is 1. The van der Waals surface area contributed by atoms with Gasteiger partial charge in [0.15, 0.2) is 0 Å². The highest BCUT2D eigenvalue weighted by Gasteiger charge is 2.15. The first-order valence-corrected chi connectivity index (χ1v) is 7.16. The summed E-state index contributed by atoms with van der Waals surface area (Å²) in [5, 5.41) is 10.9. The molecule has 2 aromatic carbocycles. The Balaban J connectivity index is 2.35. The van der Waals surface area contributed by atoms with Crippen LogP contribution in [0.15, 0.2) is 42.5 Å². The van der Waals surface area contributed by atoms with Gasteiger partial charge in [0.25, 0.3) is 5.69 Å². The van der Waals surface area contributed by atoms with E-state index in [1.165, 1.54) is 6.07 Å². The average Bonchev–Trinajstić information content (AvgIpc) is 2.47. The van der Waals surface area contributed by atoms with Gasteiger partial charge in [0, 0.05) is 11.6 Å². The van der Waals surface area contributed by atoms with Gasteiger partial charge in [-0.3, -0.25) is 10.1 Å². The van der Waals surface area contributed by atoms with Crippen LogP contribution in [-0.4, -0.2) is 4.92 Å². The van der Waals surface area contributed by atoms with Crippen LogP contribution in [0.4, 0.5) is 5.69 Å². The molecule has 21 heavy (non-hydrogen) atoms. The fourth-order valence-corrected chi connectivity index (χ4v) is 2.30. The Kier molecular flexibility index (Phi) is 4.81. The summed E-state index contributed by atoms with van der Waals surface area (Å²) in [7, 11) is 0. The van der Waals surface area contributed by atoms with E-state index >= 15 is 0 Å². The molecule has 0 aliphatic rings. The van der Waals surface area contributed by atoms with Crippen molar-refractivity contribution in [3.05, 3.63) is 63.7 Å². The van der Waals surface area contributed by atoms with Gasteiger partial charge in [-0.25, -0.2) is 0 Å². The third-order valence-electron chi connectivity index (χ3n) is 3.16. The summed E-state index contributed by atoms with van der Waals surface area (Å²) >= 11 is 5.77. The second-order valence-corrected chi connectivity index (χ2v) is 5.24. The summed E-state index contributed by atoms with van der Waals surface area (Å²) in [4.78, 5) is 10.5. The maximum Gasteiger partial charge on any atom is 0.274 e. The molecule has 0 atom stereocenters. The largest absolute Gasteiger partial charge is 0.457 e. The smallest absolute Gasteiger partial charge is 0.274 e. The molecule has 0 aliphatic carbocycles. The molecule has 0 radical (unpaired) electrons. The summed E-state index contributed by atoms with van der Waals surface area (Å²) in [6.45, 7) is 4.17. The van der Waals surface area contributed by atoms with E-state index in [1.807, 2.05) is 24.3 Å². The van der Waals surface area contributed by atoms with Gasteiger partial charge in [0.1, 0.15) is 11.5 Å². The molecule has 0 N–H and O–H groups in total. The van der Waals surface area contributed by atoms with E-state index in [2.05, 4.69) is 13.8 Å². The number of rotatable bonds is 5. The Labute approximate surface area is 128 Å². The molecule has 0 spiro atoms. The first kappa shape index (κ1) is 15.3. The molecule has 4 nitrogen and oxygen atoms in total. The van der Waals surface area contributed by atoms with Gasteiger partial charge >= 0.3 is 0 Å². The van der Waals surface area contributed by atoms with Crippen LogP contribution >= 0.6 is 11.6 Å². The highest BCUT2D eigenvalue weighted by molar-refractivity contribution is 6.17. The molecule has 0 unspecified atom stereocenters. The summed E-state index contributed by atoms with van der Waals surface area (Å²) in [6, 6.07) is 12.4. The van der Waals surface area contributed by atoms with Crippen LogP contribution in [0, 0.1) is 10.1 Å². The Morgan fingerprint density at radius 2 is 1.95 bits per heavy atom. The lowest BCUT2D eigenvalue weighted by Gasteiger charge is -2.14. The van der Waals surface area contributed by atoms with Crippen molar-refractivity contribution in [3.63, 3.8) is 0 Å². The zero-order chi connectivity index (χ0) is 15.4. The number of benzene rings is 2. The molecule has 2 rings (SSSR count). The number of hydrogen-bond donors (Lipinski definition) is 0. The number of nitro benzene ring substituents is 1. The van der Waals surface area contributed by atoms with Crippen molar-refractivity contribution in [2.24, 2.45) is 0 Å². The second-order valence-electron chi connectivity index (χ2n) is 4.98. The van der Waals surface area contributed by atoms with Crippen LogP contribution in [0.1, 0.15) is 30.9 Å². The lowest BCUT2D eigenvalue weighted by Crippen LogP contribution is -1.96. The van der Waals surface area contributed by atoms with E-state index in [1.54, 1.807) is 12.1 Å². The molecular weight excluding hydrogens is 290 g/mol. The molecule has 0 heterocycles. The third kappa shape index (κ3) is 3.52. The van der Waals surface area contributed by atoms with Gasteiger partial charge in [0.2, 0.25) is 0 Å². The number of para-hydroxylation sites is 1. The summed E-state index contributed by atoms with van der Waals surface area (Å²) in [5.41, 5.74) is 1.54. The molecular formula is C16H16ClNO3. The van der Waals surface area contributed by atoms with Crippen molar-refractivity contribution < 1.29 is 9.66 Å². The SMILES string of the molecule is CC(C)c1ccccc1Oc1ccc([N+](=O)[O-])c(CCl)c1. The van der Waals surface area contributed by atoms with Gasteiger partial charge in [0.05, 0.1) is 10.8 Å². The molecule has 0 amide bonds. The molecule has 0 fully saturated rings. The summed E-state index contributed by atoms with van der Waals surface area (Å²) < 4.78 is 5.87. The number of halogens is 1. The number of hydrogen-bond acceptors (Lipinski definition) is 3. The fraction of sp³-hybridized carbons (Fsp3) is 0.250. The van der Waals surface area contributed by atoms with Crippen LogP contribution in [0.25, 0.3) is 0 Å². The predicted octanol–water partition coefficient (Wildman–Crippen LogP) is 5.25. The molecule has 0 bridgehead atoms. The quantitative estimate of drug-likeness (QED) is 0.430. The summed E-state index contributed by atoms with van der Waals surface area (Å²) in [5.74, 6) is 1.69. The Hall–Kier alpha value is -2.07. The number of nitro groups is 1. The van der Waals surface area contributed by atoms with E-state index in [4.69, 9.17) is 16.3 Å². The topological polar surface area (TPSA) is 52.4 Å². The van der Waals surface area contributed by atoms with Gasteiger partial charge < -0.3 is 4.74 Å². The van der Waals surface area contributed by atoms with E-state index in [9.17, 15) is 10.1 Å². The maximum atomic E-state index is 10.9. The van der Waals surface area contributed by atoms with E-state index in [0.717, 1.165) is 11.3 Å². The summed E-state index contributed by atoms with van der Waals surface area (Å²) in [6.07, 6.45) is 0. The molecule has 2 aromatic rings. The van der Waals surface area contributed by atoms with Crippen LogP contribution in [0.5, 0.6) is 11.5 Å². The van der Waals surface area contributed by atoms with Gasteiger partial charge in [-0.15, -0.1) is 11.6 Å². The standard InChI is InChI=1S/C16H16ClNO3/c1-11(2)14-5-3-4-6-16(14)21-13-7-8-15(18(19)20)12(9-13)10-17/h3-9,11H,10H2,1-2H3. The molecule has 5 heteroatoms. The van der Waals surface area contributed by atoms with E-state index in [-0.39, 0.29) is 11.6 Å². The lowest BCUT2D eigenvalue weighted by molar-refractivity contribution is -0.385. The average molecular weight is 306 g/mol. The van der Waals surface area contributed by atoms with Gasteiger partial charge in [-0.2, -0.15) is 0 Å². The monoisotopic (exact) mass is 305 g/mol. The van der Waals surface area contributed by atoms with Crippen molar-refractivity contribution >= 4 is 17.3 Å². The highest BCUT2D eigenvalue weighted by Crippen LogP contribution is 2.32. The zero-order valence-electron chi connectivity index (χ0n) is 11.9. The van der Waals surface area contributed by atoms with Crippen molar-refractivity contribution in [2.75, 3.05) is 0 Å². The first-order valence-electron chi connectivity index (χ1n) is 6.63. The van der Waals surface area contributed by atoms with Crippen LogP contribution < -0.4 is 4.74 Å². The second kappa shape index (κ2) is 6.59. The zero-order valence-corrected chi connectivity index (χ0v) is 12.6. The normalized spacial score (nSPS) is 10.7. The van der Waals surface area contributed by atoms with Crippen LogP contribution in [0.2, 0.25) is 0 Å². The minimum Gasteiger partial charge on any atom is -0.457 e. The van der Waals surface area contributed by atoms with Gasteiger partial charge in [-0.05, 0) is 29.7 Å². The van der Waals surface area contributed by atoms with Crippen LogP contribution in [-0.2, 0) is 5.88 Å².